The number of rotatable bonds is 4. The molecule has 0 aromatic heterocycles. The zero-order valence-electron chi connectivity index (χ0n) is 17.2. The summed E-state index contributed by atoms with van der Waals surface area (Å²) in [6, 6.07) is 19.8. The Bertz CT molecular complexity index is 1110. The van der Waals surface area contributed by atoms with Gasteiger partial charge in [0.25, 0.3) is 0 Å². The minimum Gasteiger partial charge on any atom is -0.384 e. The SMILES string of the molecule is CC1(C)CCN(c2ccc(C(=N)N)c(Cl)c2)c2ccc(-c3ccc(CF)cc3)cc21. The second-order valence-electron chi connectivity index (χ2n) is 8.43. The van der Waals surface area contributed by atoms with Crippen LogP contribution in [0.1, 0.15) is 37.0 Å². The van der Waals surface area contributed by atoms with Gasteiger partial charge in [-0.2, -0.15) is 0 Å². The second-order valence-corrected chi connectivity index (χ2v) is 8.83. The zero-order chi connectivity index (χ0) is 21.5. The van der Waals surface area contributed by atoms with Crippen LogP contribution in [-0.4, -0.2) is 12.4 Å². The fourth-order valence-corrected chi connectivity index (χ4v) is 4.36. The quantitative estimate of drug-likeness (QED) is 0.369. The Morgan fingerprint density at radius 3 is 2.40 bits per heavy atom. The van der Waals surface area contributed by atoms with Crippen LogP contribution in [-0.2, 0) is 12.1 Å². The van der Waals surface area contributed by atoms with Crippen molar-refractivity contribution in [3.05, 3.63) is 82.4 Å². The summed E-state index contributed by atoms with van der Waals surface area (Å²) in [4.78, 5) is 2.27. The van der Waals surface area contributed by atoms with E-state index in [-0.39, 0.29) is 11.3 Å². The van der Waals surface area contributed by atoms with Crippen LogP contribution in [0.4, 0.5) is 15.8 Å². The van der Waals surface area contributed by atoms with Crippen molar-refractivity contribution >= 4 is 28.8 Å². The number of amidine groups is 1. The van der Waals surface area contributed by atoms with Gasteiger partial charge in [-0.3, -0.25) is 5.41 Å². The number of nitrogen functional groups attached to an aromatic ring is 1. The van der Waals surface area contributed by atoms with Crippen molar-refractivity contribution in [3.8, 4) is 11.1 Å². The maximum atomic E-state index is 12.9. The van der Waals surface area contributed by atoms with Crippen LogP contribution < -0.4 is 10.6 Å². The Balaban J connectivity index is 1.77. The molecular weight excluding hydrogens is 397 g/mol. The van der Waals surface area contributed by atoms with Crippen molar-refractivity contribution in [2.75, 3.05) is 11.4 Å². The molecule has 3 nitrogen and oxygen atoms in total. The van der Waals surface area contributed by atoms with Gasteiger partial charge in [0.05, 0.1) is 5.02 Å². The average Bonchev–Trinajstić information content (AvgIpc) is 2.73. The Hall–Kier alpha value is -2.85. The normalized spacial score (nSPS) is 15.0. The van der Waals surface area contributed by atoms with E-state index in [9.17, 15) is 4.39 Å². The summed E-state index contributed by atoms with van der Waals surface area (Å²) in [5.74, 6) is -0.0323. The highest BCUT2D eigenvalue weighted by Gasteiger charge is 2.32. The van der Waals surface area contributed by atoms with Crippen LogP contribution >= 0.6 is 11.6 Å². The molecule has 3 aromatic rings. The molecule has 1 aliphatic heterocycles. The summed E-state index contributed by atoms with van der Waals surface area (Å²) in [6.07, 6.45) is 0.996. The predicted molar refractivity (Wildman–Crippen MR) is 124 cm³/mol. The van der Waals surface area contributed by atoms with Crippen LogP contribution in [0.3, 0.4) is 0 Å². The molecule has 0 amide bonds. The maximum Gasteiger partial charge on any atom is 0.124 e. The van der Waals surface area contributed by atoms with E-state index in [1.165, 1.54) is 5.56 Å². The van der Waals surface area contributed by atoms with Gasteiger partial charge in [0.15, 0.2) is 0 Å². The van der Waals surface area contributed by atoms with Crippen molar-refractivity contribution in [3.63, 3.8) is 0 Å². The van der Waals surface area contributed by atoms with Gasteiger partial charge in [-0.1, -0.05) is 55.8 Å². The van der Waals surface area contributed by atoms with Crippen molar-refractivity contribution in [1.29, 1.82) is 5.41 Å². The van der Waals surface area contributed by atoms with E-state index in [4.69, 9.17) is 22.7 Å². The molecule has 30 heavy (non-hydrogen) atoms. The molecule has 0 saturated heterocycles. The fourth-order valence-electron chi connectivity index (χ4n) is 4.08. The van der Waals surface area contributed by atoms with Gasteiger partial charge < -0.3 is 10.6 Å². The standard InChI is InChI=1S/C25H25ClFN3/c1-25(2)11-12-30(19-8-9-20(24(28)29)22(26)14-19)23-10-7-18(13-21(23)25)17-5-3-16(15-27)4-6-17/h3-10,13-14H,11-12,15H2,1-2H3,(H3,28,29). The molecule has 1 aliphatic rings. The first-order valence-corrected chi connectivity index (χ1v) is 10.4. The summed E-state index contributed by atoms with van der Waals surface area (Å²) >= 11 is 6.38. The summed E-state index contributed by atoms with van der Waals surface area (Å²) in [5.41, 5.74) is 12.5. The summed E-state index contributed by atoms with van der Waals surface area (Å²) in [7, 11) is 0. The van der Waals surface area contributed by atoms with Gasteiger partial charge in [-0.05, 0) is 64.4 Å². The lowest BCUT2D eigenvalue weighted by Gasteiger charge is -2.40. The highest BCUT2D eigenvalue weighted by atomic mass is 35.5. The number of nitrogens with two attached hydrogens (primary N) is 1. The molecule has 0 bridgehead atoms. The monoisotopic (exact) mass is 421 g/mol. The van der Waals surface area contributed by atoms with Crippen LogP contribution in [0.2, 0.25) is 5.02 Å². The van der Waals surface area contributed by atoms with Gasteiger partial charge >= 0.3 is 0 Å². The third kappa shape index (κ3) is 3.68. The average molecular weight is 422 g/mol. The van der Waals surface area contributed by atoms with Crippen molar-refractivity contribution < 1.29 is 4.39 Å². The van der Waals surface area contributed by atoms with Gasteiger partial charge in [0, 0.05) is 23.5 Å². The molecule has 0 radical (unpaired) electrons. The lowest BCUT2D eigenvalue weighted by Crippen LogP contribution is -2.34. The lowest BCUT2D eigenvalue weighted by atomic mass is 9.76. The predicted octanol–water partition coefficient (Wildman–Crippen LogP) is 6.58. The van der Waals surface area contributed by atoms with E-state index in [2.05, 4.69) is 36.9 Å². The molecule has 0 atom stereocenters. The second kappa shape index (κ2) is 7.77. The molecule has 0 spiro atoms. The molecule has 0 unspecified atom stereocenters. The molecule has 0 fully saturated rings. The lowest BCUT2D eigenvalue weighted by molar-refractivity contribution is 0.467. The largest absolute Gasteiger partial charge is 0.384 e. The smallest absolute Gasteiger partial charge is 0.124 e. The minimum absolute atomic E-state index is 0.0316. The van der Waals surface area contributed by atoms with Gasteiger partial charge in [0.2, 0.25) is 0 Å². The van der Waals surface area contributed by atoms with E-state index in [1.807, 2.05) is 36.4 Å². The number of fused-ring (bicyclic) bond motifs is 1. The first-order valence-electron chi connectivity index (χ1n) is 10.0. The van der Waals surface area contributed by atoms with Crippen LogP contribution in [0.25, 0.3) is 11.1 Å². The molecule has 154 valence electrons. The Kier molecular flexibility index (Phi) is 5.29. The van der Waals surface area contributed by atoms with E-state index < -0.39 is 6.67 Å². The number of hydrogen-bond acceptors (Lipinski definition) is 2. The molecular formula is C25H25ClFN3. The first-order chi connectivity index (χ1) is 14.3. The van der Waals surface area contributed by atoms with Gasteiger partial charge in [-0.25, -0.2) is 4.39 Å². The molecule has 4 rings (SSSR count). The van der Waals surface area contributed by atoms with Gasteiger partial charge in [-0.15, -0.1) is 0 Å². The van der Waals surface area contributed by atoms with E-state index in [1.54, 1.807) is 6.07 Å². The first kappa shape index (κ1) is 20.4. The number of nitrogens with zero attached hydrogens (tertiary/aromatic N) is 1. The number of benzene rings is 3. The maximum absolute atomic E-state index is 12.9. The number of nitrogens with one attached hydrogen (secondary N) is 1. The molecule has 3 N–H and O–H groups in total. The Morgan fingerprint density at radius 2 is 1.77 bits per heavy atom. The molecule has 3 aromatic carbocycles. The van der Waals surface area contributed by atoms with Crippen molar-refractivity contribution in [1.82, 2.24) is 0 Å². The van der Waals surface area contributed by atoms with Crippen LogP contribution in [0.5, 0.6) is 0 Å². The minimum atomic E-state index is -0.447. The van der Waals surface area contributed by atoms with E-state index in [0.29, 0.717) is 16.1 Å². The highest BCUT2D eigenvalue weighted by molar-refractivity contribution is 6.34. The molecule has 0 saturated carbocycles. The van der Waals surface area contributed by atoms with Crippen molar-refractivity contribution in [2.24, 2.45) is 5.73 Å². The molecule has 1 heterocycles. The molecule has 5 heteroatoms. The Labute approximate surface area is 181 Å². The molecule has 0 aliphatic carbocycles. The zero-order valence-corrected chi connectivity index (χ0v) is 17.9. The summed E-state index contributed by atoms with van der Waals surface area (Å²) in [5, 5.41) is 8.13. The van der Waals surface area contributed by atoms with Gasteiger partial charge in [0.1, 0.15) is 12.5 Å². The third-order valence-corrected chi connectivity index (χ3v) is 6.29. The topological polar surface area (TPSA) is 53.1 Å². The summed E-state index contributed by atoms with van der Waals surface area (Å²) < 4.78 is 12.9. The third-order valence-electron chi connectivity index (χ3n) is 5.97. The number of hydrogen-bond donors (Lipinski definition) is 2. The van der Waals surface area contributed by atoms with Crippen molar-refractivity contribution in [2.45, 2.75) is 32.4 Å². The fraction of sp³-hybridized carbons (Fsp3) is 0.240. The van der Waals surface area contributed by atoms with E-state index >= 15 is 0 Å². The number of anilines is 2. The van der Waals surface area contributed by atoms with E-state index in [0.717, 1.165) is 35.5 Å². The van der Waals surface area contributed by atoms with Crippen LogP contribution in [0.15, 0.2) is 60.7 Å². The number of alkyl halides is 1. The highest BCUT2D eigenvalue weighted by Crippen LogP contribution is 2.44. The Morgan fingerprint density at radius 1 is 1.07 bits per heavy atom. The number of halogens is 2. The van der Waals surface area contributed by atoms with Crippen LogP contribution in [0, 0.1) is 5.41 Å². The summed E-state index contributed by atoms with van der Waals surface area (Å²) in [6.45, 7) is 4.97.